The number of rotatable bonds is 6. The third-order valence-corrected chi connectivity index (χ3v) is 4.14. The highest BCUT2D eigenvalue weighted by Crippen LogP contribution is 2.24. The van der Waals surface area contributed by atoms with E-state index < -0.39 is 0 Å². The minimum Gasteiger partial charge on any atom is -0.355 e. The first-order valence-electron chi connectivity index (χ1n) is 7.65. The van der Waals surface area contributed by atoms with Crippen LogP contribution < -0.4 is 16.0 Å². The summed E-state index contributed by atoms with van der Waals surface area (Å²) >= 11 is 0. The summed E-state index contributed by atoms with van der Waals surface area (Å²) < 4.78 is 0. The van der Waals surface area contributed by atoms with Crippen molar-refractivity contribution in [2.45, 2.75) is 44.7 Å². The van der Waals surface area contributed by atoms with Crippen LogP contribution in [0.25, 0.3) is 0 Å². The predicted octanol–water partition coefficient (Wildman–Crippen LogP) is -0.545. The first-order chi connectivity index (χ1) is 9.66. The van der Waals surface area contributed by atoms with Gasteiger partial charge in [-0.15, -0.1) is 0 Å². The molecule has 2 heterocycles. The highest BCUT2D eigenvalue weighted by molar-refractivity contribution is 5.78. The molecule has 0 spiro atoms. The molecule has 0 aliphatic carbocycles. The molecule has 0 bridgehead atoms. The van der Waals surface area contributed by atoms with Gasteiger partial charge in [0.15, 0.2) is 0 Å². The Morgan fingerprint density at radius 2 is 2.00 bits per heavy atom. The monoisotopic (exact) mass is 282 g/mol. The van der Waals surface area contributed by atoms with Crippen LogP contribution in [0.1, 0.15) is 32.6 Å². The minimum atomic E-state index is -0.0637. The van der Waals surface area contributed by atoms with E-state index in [1.807, 2.05) is 0 Å². The lowest BCUT2D eigenvalue weighted by Crippen LogP contribution is -2.48. The second-order valence-electron chi connectivity index (χ2n) is 5.72. The Kier molecular flexibility index (Phi) is 5.79. The molecule has 6 nitrogen and oxygen atoms in total. The SMILES string of the molecule is CC(=O)NCCNC(=O)CN1CCCC1C1CCCN1. The Balaban J connectivity index is 1.68. The maximum absolute atomic E-state index is 11.9. The number of nitrogens with zero attached hydrogens (tertiary/aromatic N) is 1. The Hall–Kier alpha value is -1.14. The molecule has 2 atom stereocenters. The second-order valence-corrected chi connectivity index (χ2v) is 5.72. The average molecular weight is 282 g/mol. The molecular weight excluding hydrogens is 256 g/mol. The Morgan fingerprint density at radius 1 is 1.20 bits per heavy atom. The Bertz CT molecular complexity index is 342. The normalized spacial score (nSPS) is 26.6. The fourth-order valence-electron chi connectivity index (χ4n) is 3.22. The summed E-state index contributed by atoms with van der Waals surface area (Å²) in [4.78, 5) is 24.9. The lowest BCUT2D eigenvalue weighted by Gasteiger charge is -2.28. The molecule has 2 rings (SSSR count). The van der Waals surface area contributed by atoms with Gasteiger partial charge in [0, 0.05) is 32.1 Å². The van der Waals surface area contributed by atoms with E-state index in [1.165, 1.54) is 32.6 Å². The zero-order valence-electron chi connectivity index (χ0n) is 12.3. The molecule has 2 aliphatic heterocycles. The lowest BCUT2D eigenvalue weighted by atomic mass is 10.0. The van der Waals surface area contributed by atoms with Crippen molar-refractivity contribution in [1.29, 1.82) is 0 Å². The van der Waals surface area contributed by atoms with Crippen molar-refractivity contribution in [3.05, 3.63) is 0 Å². The summed E-state index contributed by atoms with van der Waals surface area (Å²) in [5, 5.41) is 9.08. The van der Waals surface area contributed by atoms with Crippen molar-refractivity contribution >= 4 is 11.8 Å². The van der Waals surface area contributed by atoms with Gasteiger partial charge < -0.3 is 16.0 Å². The molecule has 0 aromatic carbocycles. The molecule has 2 amide bonds. The summed E-state index contributed by atoms with van der Waals surface area (Å²) in [6.45, 7) is 5.07. The van der Waals surface area contributed by atoms with Crippen molar-refractivity contribution in [3.8, 4) is 0 Å². The highest BCUT2D eigenvalue weighted by atomic mass is 16.2. The minimum absolute atomic E-state index is 0.0558. The van der Waals surface area contributed by atoms with Crippen LogP contribution in [-0.4, -0.2) is 61.5 Å². The lowest BCUT2D eigenvalue weighted by molar-refractivity contribution is -0.123. The van der Waals surface area contributed by atoms with Crippen molar-refractivity contribution in [2.75, 3.05) is 32.7 Å². The molecule has 2 aliphatic rings. The van der Waals surface area contributed by atoms with E-state index in [9.17, 15) is 9.59 Å². The van der Waals surface area contributed by atoms with Crippen LogP contribution >= 0.6 is 0 Å². The van der Waals surface area contributed by atoms with Crippen molar-refractivity contribution in [1.82, 2.24) is 20.9 Å². The quantitative estimate of drug-likeness (QED) is 0.572. The van der Waals surface area contributed by atoms with E-state index in [0.29, 0.717) is 31.7 Å². The zero-order valence-corrected chi connectivity index (χ0v) is 12.3. The Morgan fingerprint density at radius 3 is 2.70 bits per heavy atom. The van der Waals surface area contributed by atoms with Gasteiger partial charge in [-0.05, 0) is 38.8 Å². The van der Waals surface area contributed by atoms with Crippen LogP contribution in [0, 0.1) is 0 Å². The van der Waals surface area contributed by atoms with Crippen LogP contribution in [0.2, 0.25) is 0 Å². The van der Waals surface area contributed by atoms with Crippen molar-refractivity contribution < 1.29 is 9.59 Å². The summed E-state index contributed by atoms with van der Waals surface area (Å²) in [6, 6.07) is 1.07. The van der Waals surface area contributed by atoms with E-state index in [1.54, 1.807) is 0 Å². The van der Waals surface area contributed by atoms with Gasteiger partial charge in [0.1, 0.15) is 0 Å². The third kappa shape index (κ3) is 4.45. The van der Waals surface area contributed by atoms with E-state index in [0.717, 1.165) is 13.1 Å². The molecular formula is C14H26N4O2. The predicted molar refractivity (Wildman–Crippen MR) is 77.3 cm³/mol. The molecule has 0 saturated carbocycles. The van der Waals surface area contributed by atoms with Crippen LogP contribution in [0.4, 0.5) is 0 Å². The van der Waals surface area contributed by atoms with Gasteiger partial charge in [0.25, 0.3) is 0 Å². The van der Waals surface area contributed by atoms with Gasteiger partial charge in [-0.25, -0.2) is 0 Å². The molecule has 2 fully saturated rings. The van der Waals surface area contributed by atoms with Gasteiger partial charge in [-0.2, -0.15) is 0 Å². The molecule has 6 heteroatoms. The molecule has 2 saturated heterocycles. The van der Waals surface area contributed by atoms with Gasteiger partial charge in [-0.1, -0.05) is 0 Å². The van der Waals surface area contributed by atoms with E-state index in [-0.39, 0.29) is 11.8 Å². The average Bonchev–Trinajstić information content (AvgIpc) is 3.04. The van der Waals surface area contributed by atoms with Crippen molar-refractivity contribution in [3.63, 3.8) is 0 Å². The van der Waals surface area contributed by atoms with Gasteiger partial charge in [0.05, 0.1) is 6.54 Å². The maximum atomic E-state index is 11.9. The largest absolute Gasteiger partial charge is 0.355 e. The van der Waals surface area contributed by atoms with Crippen molar-refractivity contribution in [2.24, 2.45) is 0 Å². The summed E-state index contributed by atoms with van der Waals surface area (Å²) in [6.07, 6.45) is 4.85. The van der Waals surface area contributed by atoms with Crippen LogP contribution in [0.5, 0.6) is 0 Å². The fraction of sp³-hybridized carbons (Fsp3) is 0.857. The highest BCUT2D eigenvalue weighted by Gasteiger charge is 2.33. The molecule has 114 valence electrons. The molecule has 0 aromatic rings. The summed E-state index contributed by atoms with van der Waals surface area (Å²) in [5.74, 6) is -0.00795. The fourth-order valence-corrected chi connectivity index (χ4v) is 3.22. The van der Waals surface area contributed by atoms with Gasteiger partial charge >= 0.3 is 0 Å². The van der Waals surface area contributed by atoms with E-state index in [2.05, 4.69) is 20.9 Å². The number of carbonyl (C=O) groups is 2. The first-order valence-corrected chi connectivity index (χ1v) is 7.65. The van der Waals surface area contributed by atoms with Gasteiger partial charge in [-0.3, -0.25) is 14.5 Å². The molecule has 3 N–H and O–H groups in total. The standard InChI is InChI=1S/C14H26N4O2/c1-11(19)15-7-8-17-14(20)10-18-9-3-5-13(18)12-4-2-6-16-12/h12-13,16H,2-10H2,1H3,(H,15,19)(H,17,20). The molecule has 0 radical (unpaired) electrons. The maximum Gasteiger partial charge on any atom is 0.234 e. The van der Waals surface area contributed by atoms with Crippen LogP contribution in [0.3, 0.4) is 0 Å². The topological polar surface area (TPSA) is 73.5 Å². The van der Waals surface area contributed by atoms with Gasteiger partial charge in [0.2, 0.25) is 11.8 Å². The zero-order chi connectivity index (χ0) is 14.4. The summed E-state index contributed by atoms with van der Waals surface area (Å²) in [7, 11) is 0. The number of amides is 2. The first kappa shape index (κ1) is 15.3. The summed E-state index contributed by atoms with van der Waals surface area (Å²) in [5.41, 5.74) is 0. The number of hydrogen-bond donors (Lipinski definition) is 3. The van der Waals surface area contributed by atoms with Crippen LogP contribution in [0.15, 0.2) is 0 Å². The number of nitrogens with one attached hydrogen (secondary N) is 3. The Labute approximate surface area is 120 Å². The van der Waals surface area contributed by atoms with E-state index in [4.69, 9.17) is 0 Å². The smallest absolute Gasteiger partial charge is 0.234 e. The second kappa shape index (κ2) is 7.59. The number of carbonyl (C=O) groups excluding carboxylic acids is 2. The third-order valence-electron chi connectivity index (χ3n) is 4.14. The molecule has 0 aromatic heterocycles. The molecule has 2 unspecified atom stereocenters. The number of likely N-dealkylation sites (tertiary alicyclic amines) is 1. The number of hydrogen-bond acceptors (Lipinski definition) is 4. The molecule has 20 heavy (non-hydrogen) atoms. The van der Waals surface area contributed by atoms with Crippen LogP contribution in [-0.2, 0) is 9.59 Å². The van der Waals surface area contributed by atoms with E-state index >= 15 is 0 Å².